The number of carboxylic acids is 1. The second-order valence-electron chi connectivity index (χ2n) is 10.2. The molecule has 0 fully saturated rings. The number of halogens is 2. The van der Waals surface area contributed by atoms with Gasteiger partial charge in [0.2, 0.25) is 5.88 Å². The van der Waals surface area contributed by atoms with Crippen LogP contribution >= 0.6 is 23.2 Å². The molecule has 0 radical (unpaired) electrons. The molecule has 1 aliphatic heterocycles. The maximum atomic E-state index is 12.4. The van der Waals surface area contributed by atoms with Gasteiger partial charge in [-0.1, -0.05) is 83.9 Å². The Morgan fingerprint density at radius 1 is 0.889 bits per heavy atom. The summed E-state index contributed by atoms with van der Waals surface area (Å²) in [5.74, 6) is -1.20. The summed E-state index contributed by atoms with van der Waals surface area (Å²) in [7, 11) is -3.93. The summed E-state index contributed by atoms with van der Waals surface area (Å²) in [5, 5.41) is 19.6. The molecule has 0 bridgehead atoms. The van der Waals surface area contributed by atoms with Crippen molar-refractivity contribution in [2.45, 2.75) is 5.92 Å². The van der Waals surface area contributed by atoms with E-state index < -0.39 is 22.1 Å². The van der Waals surface area contributed by atoms with Gasteiger partial charge in [0.25, 0.3) is 0 Å². The van der Waals surface area contributed by atoms with Crippen LogP contribution in [0.25, 0.3) is 28.5 Å². The van der Waals surface area contributed by atoms with Crippen LogP contribution in [0, 0.1) is 0 Å². The van der Waals surface area contributed by atoms with Gasteiger partial charge in [0.1, 0.15) is 5.82 Å². The zero-order valence-electron chi connectivity index (χ0n) is 23.2. The number of nitrogens with one attached hydrogen (secondary N) is 2. The van der Waals surface area contributed by atoms with Gasteiger partial charge in [-0.2, -0.15) is 8.42 Å². The van der Waals surface area contributed by atoms with Crippen molar-refractivity contribution in [1.82, 2.24) is 14.7 Å². The predicted molar refractivity (Wildman–Crippen MR) is 175 cm³/mol. The molecule has 1 atom stereocenters. The normalized spacial score (nSPS) is 14.7. The van der Waals surface area contributed by atoms with Crippen LogP contribution in [-0.2, 0) is 15.0 Å². The maximum Gasteiger partial charge on any atom is 0.330 e. The number of carboxylic acid groups (broad SMARTS) is 1. The van der Waals surface area contributed by atoms with E-state index in [0.717, 1.165) is 50.0 Å². The van der Waals surface area contributed by atoms with E-state index in [9.17, 15) is 18.3 Å². The molecule has 0 spiro atoms. The standard InChI is InChI=1S/C33H24Cl2N4O5S/c34-25-12-15-27(28(35)17-25)29-18-36-33(37-29)32(24-10-13-26(14-11-24)39-19-30(40)38-45(39,43)44)23-8-6-22(7-9-23)21-4-1-20(2-5-21)3-16-31(41)42/h1-19,32,38,40H,(H,36,37)(H,41,42). The number of anilines is 1. The van der Waals surface area contributed by atoms with Crippen LogP contribution in [0.3, 0.4) is 0 Å². The molecule has 2 heterocycles. The third-order valence-corrected chi connectivity index (χ3v) is 9.06. The number of hydrogen-bond donors (Lipinski definition) is 4. The molecule has 0 amide bonds. The molecule has 0 saturated heterocycles. The number of aliphatic hydroxyl groups is 1. The van der Waals surface area contributed by atoms with E-state index in [1.54, 1.807) is 30.5 Å². The lowest BCUT2D eigenvalue weighted by Gasteiger charge is -2.19. The lowest BCUT2D eigenvalue weighted by atomic mass is 9.89. The van der Waals surface area contributed by atoms with Crippen molar-refractivity contribution in [3.63, 3.8) is 0 Å². The molecule has 5 aromatic rings. The van der Waals surface area contributed by atoms with Gasteiger partial charge >= 0.3 is 16.2 Å². The number of imidazole rings is 1. The van der Waals surface area contributed by atoms with Gasteiger partial charge in [-0.25, -0.2) is 18.8 Å². The van der Waals surface area contributed by atoms with E-state index >= 15 is 0 Å². The fraction of sp³-hybridized carbons (Fsp3) is 0.0303. The summed E-state index contributed by atoms with van der Waals surface area (Å²) >= 11 is 12.6. The Kier molecular flexibility index (Phi) is 8.11. The molecule has 1 aromatic heterocycles. The summed E-state index contributed by atoms with van der Waals surface area (Å²) in [6.45, 7) is 0. The molecule has 12 heteroatoms. The van der Waals surface area contributed by atoms with Crippen molar-refractivity contribution >= 4 is 51.1 Å². The van der Waals surface area contributed by atoms with Crippen LogP contribution < -0.4 is 9.03 Å². The van der Waals surface area contributed by atoms with Crippen LogP contribution in [0.15, 0.2) is 115 Å². The molecule has 226 valence electrons. The molecule has 4 aromatic carbocycles. The molecule has 4 N–H and O–H groups in total. The monoisotopic (exact) mass is 658 g/mol. The van der Waals surface area contributed by atoms with Gasteiger partial charge in [0.05, 0.1) is 34.7 Å². The summed E-state index contributed by atoms with van der Waals surface area (Å²) in [6.07, 6.45) is 5.44. The van der Waals surface area contributed by atoms with Gasteiger partial charge < -0.3 is 15.2 Å². The quantitative estimate of drug-likeness (QED) is 0.129. The third kappa shape index (κ3) is 6.44. The summed E-state index contributed by atoms with van der Waals surface area (Å²) in [6, 6.07) is 27.7. The second-order valence-corrected chi connectivity index (χ2v) is 12.6. The van der Waals surface area contributed by atoms with E-state index in [1.165, 1.54) is 6.08 Å². The summed E-state index contributed by atoms with van der Waals surface area (Å²) in [4.78, 5) is 18.9. The fourth-order valence-electron chi connectivity index (χ4n) is 5.07. The molecule has 6 rings (SSSR count). The smallest absolute Gasteiger partial charge is 0.330 e. The lowest BCUT2D eigenvalue weighted by Crippen LogP contribution is -2.29. The molecule has 1 unspecified atom stereocenters. The van der Waals surface area contributed by atoms with E-state index in [0.29, 0.717) is 27.3 Å². The highest BCUT2D eigenvalue weighted by atomic mass is 35.5. The number of nitrogens with zero attached hydrogens (tertiary/aromatic N) is 2. The topological polar surface area (TPSA) is 136 Å². The van der Waals surface area contributed by atoms with Gasteiger partial charge in [0, 0.05) is 16.7 Å². The van der Waals surface area contributed by atoms with Crippen LogP contribution in [0.2, 0.25) is 10.0 Å². The first-order valence-corrected chi connectivity index (χ1v) is 15.7. The first-order chi connectivity index (χ1) is 21.6. The highest BCUT2D eigenvalue weighted by Crippen LogP contribution is 2.36. The predicted octanol–water partition coefficient (Wildman–Crippen LogP) is 7.34. The summed E-state index contributed by atoms with van der Waals surface area (Å²) in [5.41, 5.74) is 6.25. The number of aromatic nitrogens is 2. The first kappa shape index (κ1) is 30.0. The average molecular weight is 660 g/mol. The Balaban J connectivity index is 1.36. The molecule has 1 aliphatic rings. The fourth-order valence-corrected chi connectivity index (χ4v) is 6.64. The van der Waals surface area contributed by atoms with Crippen molar-refractivity contribution < 1.29 is 23.4 Å². The molecular formula is C33H24Cl2N4O5S. The SMILES string of the molecule is O=C(O)C=Cc1ccc(-c2ccc(C(c3ccc(N4C=C(O)NS4(=O)=O)cc3)c3ncc(-c4ccc(Cl)cc4Cl)[nH]3)cc2)cc1. The van der Waals surface area contributed by atoms with Crippen molar-refractivity contribution in [3.05, 3.63) is 148 Å². The van der Waals surface area contributed by atoms with Crippen molar-refractivity contribution in [2.24, 2.45) is 0 Å². The zero-order chi connectivity index (χ0) is 31.7. The molecule has 9 nitrogen and oxygen atoms in total. The number of aliphatic carboxylic acids is 1. The van der Waals surface area contributed by atoms with Gasteiger partial charge in [0.15, 0.2) is 0 Å². The van der Waals surface area contributed by atoms with Crippen molar-refractivity contribution in [1.29, 1.82) is 0 Å². The number of carbonyl (C=O) groups is 1. The number of H-pyrrole nitrogens is 1. The average Bonchev–Trinajstić information content (AvgIpc) is 3.60. The van der Waals surface area contributed by atoms with Crippen molar-refractivity contribution in [2.75, 3.05) is 4.31 Å². The Morgan fingerprint density at radius 2 is 1.51 bits per heavy atom. The van der Waals surface area contributed by atoms with Crippen LogP contribution in [0.5, 0.6) is 0 Å². The lowest BCUT2D eigenvalue weighted by molar-refractivity contribution is -0.131. The third-order valence-electron chi connectivity index (χ3n) is 7.21. The number of aromatic amines is 1. The second kappa shape index (κ2) is 12.2. The van der Waals surface area contributed by atoms with Gasteiger partial charge in [-0.3, -0.25) is 0 Å². The van der Waals surface area contributed by atoms with E-state index in [2.05, 4.69) is 4.98 Å². The van der Waals surface area contributed by atoms with Crippen LogP contribution in [0.1, 0.15) is 28.4 Å². The Labute approximate surface area is 268 Å². The zero-order valence-corrected chi connectivity index (χ0v) is 25.6. The number of benzene rings is 4. The minimum absolute atomic E-state index is 0.346. The molecule has 0 saturated carbocycles. The minimum Gasteiger partial charge on any atom is -0.493 e. The highest BCUT2D eigenvalue weighted by Gasteiger charge is 2.29. The highest BCUT2D eigenvalue weighted by molar-refractivity contribution is 7.91. The first-order valence-electron chi connectivity index (χ1n) is 13.5. The molecule has 0 aliphatic carbocycles. The van der Waals surface area contributed by atoms with Crippen LogP contribution in [-0.4, -0.2) is 34.6 Å². The molecular weight excluding hydrogens is 635 g/mol. The van der Waals surface area contributed by atoms with Gasteiger partial charge in [-0.15, -0.1) is 0 Å². The van der Waals surface area contributed by atoms with Crippen LogP contribution in [0.4, 0.5) is 5.69 Å². The van der Waals surface area contributed by atoms with E-state index in [1.807, 2.05) is 71.5 Å². The largest absolute Gasteiger partial charge is 0.493 e. The van der Waals surface area contributed by atoms with Gasteiger partial charge in [-0.05, 0) is 64.2 Å². The Morgan fingerprint density at radius 3 is 2.09 bits per heavy atom. The number of rotatable bonds is 8. The Bertz CT molecular complexity index is 2060. The summed E-state index contributed by atoms with van der Waals surface area (Å²) < 4.78 is 27.8. The van der Waals surface area contributed by atoms with E-state index in [-0.39, 0.29) is 5.92 Å². The minimum atomic E-state index is -3.93. The van der Waals surface area contributed by atoms with E-state index in [4.69, 9.17) is 33.3 Å². The molecule has 45 heavy (non-hydrogen) atoms. The van der Waals surface area contributed by atoms with Crippen molar-refractivity contribution in [3.8, 4) is 22.4 Å². The maximum absolute atomic E-state index is 12.4. The Hall–Kier alpha value is -5.03. The number of aliphatic hydroxyl groups excluding tert-OH is 1. The number of hydrogen-bond acceptors (Lipinski definition) is 5.